The molecule has 0 saturated heterocycles. The fourth-order valence-electron chi connectivity index (χ4n) is 1.42. The number of amides is 2. The van der Waals surface area contributed by atoms with Crippen LogP contribution in [0.5, 0.6) is 5.75 Å². The second-order valence-corrected chi connectivity index (χ2v) is 3.77. The smallest absolute Gasteiger partial charge is 0.315 e. The molecule has 0 atom stereocenters. The molecule has 0 aliphatic carbocycles. The molecule has 0 saturated carbocycles. The number of urea groups is 1. The van der Waals surface area contributed by atoms with Crippen LogP contribution in [0.1, 0.15) is 12.5 Å². The van der Waals surface area contributed by atoms with Gasteiger partial charge in [0.1, 0.15) is 12.4 Å². The van der Waals surface area contributed by atoms with Crippen molar-refractivity contribution in [1.29, 1.82) is 0 Å². The summed E-state index contributed by atoms with van der Waals surface area (Å²) in [6, 6.07) is 7.75. The molecule has 1 aromatic rings. The summed E-state index contributed by atoms with van der Waals surface area (Å²) in [6.07, 6.45) is 2.62. The van der Waals surface area contributed by atoms with Gasteiger partial charge in [-0.3, -0.25) is 0 Å². The molecule has 0 bridgehead atoms. The summed E-state index contributed by atoms with van der Waals surface area (Å²) < 4.78 is 5.54. The summed E-state index contributed by atoms with van der Waals surface area (Å²) in [6.45, 7) is 7.01. The predicted octanol–water partition coefficient (Wildman–Crippen LogP) is 2.11. The lowest BCUT2D eigenvalue weighted by molar-refractivity contribution is 0.237. The van der Waals surface area contributed by atoms with E-state index in [-0.39, 0.29) is 6.03 Å². The fourth-order valence-corrected chi connectivity index (χ4v) is 1.42. The lowest BCUT2D eigenvalue weighted by Crippen LogP contribution is -2.37. The Morgan fingerprint density at radius 1 is 1.44 bits per heavy atom. The molecule has 0 aromatic heterocycles. The van der Waals surface area contributed by atoms with E-state index in [4.69, 9.17) is 4.74 Å². The number of carbonyl (C=O) groups is 1. The molecule has 0 aliphatic rings. The predicted molar refractivity (Wildman–Crippen MR) is 72.9 cm³/mol. The minimum atomic E-state index is -0.208. The van der Waals surface area contributed by atoms with Crippen molar-refractivity contribution in [3.05, 3.63) is 42.5 Å². The molecule has 1 rings (SSSR count). The van der Waals surface area contributed by atoms with Crippen molar-refractivity contribution < 1.29 is 9.53 Å². The average molecular weight is 248 g/mol. The summed E-state index contributed by atoms with van der Waals surface area (Å²) in [7, 11) is 0. The van der Waals surface area contributed by atoms with E-state index in [9.17, 15) is 4.79 Å². The molecule has 2 amide bonds. The maximum Gasteiger partial charge on any atom is 0.315 e. The van der Waals surface area contributed by atoms with Crippen LogP contribution in [0.15, 0.2) is 36.9 Å². The van der Waals surface area contributed by atoms with Crippen molar-refractivity contribution in [2.75, 3.05) is 19.7 Å². The van der Waals surface area contributed by atoms with Gasteiger partial charge in [0.2, 0.25) is 0 Å². The maximum atomic E-state index is 11.2. The third kappa shape index (κ3) is 5.39. The molecule has 4 heteroatoms. The standard InChI is InChI=1S/C14H20N2O2/c1-3-8-15-14(17)16-9-10-18-13-7-5-6-12(4-2)11-13/h3,5-7,11H,1,4,8-10H2,2H3,(H2,15,16,17). The average Bonchev–Trinajstić information content (AvgIpc) is 2.41. The molecule has 0 heterocycles. The van der Waals surface area contributed by atoms with Crippen LogP contribution in [-0.4, -0.2) is 25.7 Å². The van der Waals surface area contributed by atoms with E-state index in [0.29, 0.717) is 19.7 Å². The minimum Gasteiger partial charge on any atom is -0.492 e. The Morgan fingerprint density at radius 3 is 3.00 bits per heavy atom. The normalized spacial score (nSPS) is 9.61. The van der Waals surface area contributed by atoms with Gasteiger partial charge in [-0.25, -0.2) is 4.79 Å². The Balaban J connectivity index is 2.20. The summed E-state index contributed by atoms with van der Waals surface area (Å²) in [5.41, 5.74) is 1.24. The van der Waals surface area contributed by atoms with Crippen molar-refractivity contribution in [3.63, 3.8) is 0 Å². The number of ether oxygens (including phenoxy) is 1. The third-order valence-electron chi connectivity index (χ3n) is 2.37. The Morgan fingerprint density at radius 2 is 2.28 bits per heavy atom. The molecule has 98 valence electrons. The van der Waals surface area contributed by atoms with E-state index in [1.165, 1.54) is 5.56 Å². The first-order chi connectivity index (χ1) is 8.76. The van der Waals surface area contributed by atoms with Gasteiger partial charge in [-0.2, -0.15) is 0 Å². The number of rotatable bonds is 7. The van der Waals surface area contributed by atoms with Gasteiger partial charge in [-0.1, -0.05) is 25.1 Å². The molecule has 0 fully saturated rings. The van der Waals surface area contributed by atoms with Crippen LogP contribution in [0.25, 0.3) is 0 Å². The highest BCUT2D eigenvalue weighted by Crippen LogP contribution is 2.13. The summed E-state index contributed by atoms with van der Waals surface area (Å²) in [5.74, 6) is 0.836. The van der Waals surface area contributed by atoms with E-state index in [0.717, 1.165) is 12.2 Å². The highest BCUT2D eigenvalue weighted by molar-refractivity contribution is 5.73. The van der Waals surface area contributed by atoms with Crippen molar-refractivity contribution in [3.8, 4) is 5.75 Å². The van der Waals surface area contributed by atoms with E-state index in [1.54, 1.807) is 6.08 Å². The summed E-state index contributed by atoms with van der Waals surface area (Å²) >= 11 is 0. The number of hydrogen-bond donors (Lipinski definition) is 2. The third-order valence-corrected chi connectivity index (χ3v) is 2.37. The first kappa shape index (κ1) is 14.1. The van der Waals surface area contributed by atoms with E-state index in [1.807, 2.05) is 18.2 Å². The van der Waals surface area contributed by atoms with Gasteiger partial charge >= 0.3 is 6.03 Å². The first-order valence-corrected chi connectivity index (χ1v) is 6.10. The molecule has 0 aliphatic heterocycles. The molecule has 2 N–H and O–H groups in total. The van der Waals surface area contributed by atoms with Crippen LogP contribution in [0, 0.1) is 0 Å². The van der Waals surface area contributed by atoms with Crippen molar-refractivity contribution in [2.45, 2.75) is 13.3 Å². The van der Waals surface area contributed by atoms with Crippen LogP contribution in [0.4, 0.5) is 4.79 Å². The van der Waals surface area contributed by atoms with Crippen LogP contribution in [-0.2, 0) is 6.42 Å². The Hall–Kier alpha value is -1.97. The van der Waals surface area contributed by atoms with Gasteiger partial charge in [0.15, 0.2) is 0 Å². The number of benzene rings is 1. The van der Waals surface area contributed by atoms with Gasteiger partial charge in [-0.15, -0.1) is 6.58 Å². The molecule has 18 heavy (non-hydrogen) atoms. The molecular formula is C14H20N2O2. The second kappa shape index (κ2) is 8.17. The quantitative estimate of drug-likeness (QED) is 0.573. The highest BCUT2D eigenvalue weighted by atomic mass is 16.5. The number of hydrogen-bond acceptors (Lipinski definition) is 2. The maximum absolute atomic E-state index is 11.2. The van der Waals surface area contributed by atoms with Gasteiger partial charge in [0, 0.05) is 6.54 Å². The van der Waals surface area contributed by atoms with Gasteiger partial charge < -0.3 is 15.4 Å². The first-order valence-electron chi connectivity index (χ1n) is 6.10. The van der Waals surface area contributed by atoms with Crippen LogP contribution in [0.3, 0.4) is 0 Å². The van der Waals surface area contributed by atoms with Crippen molar-refractivity contribution in [2.24, 2.45) is 0 Å². The molecular weight excluding hydrogens is 228 g/mol. The van der Waals surface area contributed by atoms with Crippen molar-refractivity contribution in [1.82, 2.24) is 10.6 Å². The zero-order valence-electron chi connectivity index (χ0n) is 10.7. The van der Waals surface area contributed by atoms with Gasteiger partial charge in [-0.05, 0) is 24.1 Å². The van der Waals surface area contributed by atoms with Crippen LogP contribution in [0.2, 0.25) is 0 Å². The Kier molecular flexibility index (Phi) is 6.40. The largest absolute Gasteiger partial charge is 0.492 e. The molecule has 4 nitrogen and oxygen atoms in total. The summed E-state index contributed by atoms with van der Waals surface area (Å²) in [5, 5.41) is 5.32. The summed E-state index contributed by atoms with van der Waals surface area (Å²) in [4.78, 5) is 11.2. The zero-order valence-corrected chi connectivity index (χ0v) is 10.7. The van der Waals surface area contributed by atoms with E-state index < -0.39 is 0 Å². The number of nitrogens with one attached hydrogen (secondary N) is 2. The lowest BCUT2D eigenvalue weighted by atomic mass is 10.2. The molecule has 1 aromatic carbocycles. The number of aryl methyl sites for hydroxylation is 1. The lowest BCUT2D eigenvalue weighted by Gasteiger charge is -2.09. The van der Waals surface area contributed by atoms with Crippen LogP contribution < -0.4 is 15.4 Å². The van der Waals surface area contributed by atoms with Crippen LogP contribution >= 0.6 is 0 Å². The Bertz CT molecular complexity index is 391. The highest BCUT2D eigenvalue weighted by Gasteiger charge is 1.98. The number of carbonyl (C=O) groups excluding carboxylic acids is 1. The zero-order chi connectivity index (χ0) is 13.2. The minimum absolute atomic E-state index is 0.208. The SMILES string of the molecule is C=CCNC(=O)NCCOc1cccc(CC)c1. The molecule has 0 radical (unpaired) electrons. The van der Waals surface area contributed by atoms with Crippen molar-refractivity contribution >= 4 is 6.03 Å². The van der Waals surface area contributed by atoms with E-state index in [2.05, 4.69) is 30.2 Å². The van der Waals surface area contributed by atoms with Gasteiger partial charge in [0.25, 0.3) is 0 Å². The van der Waals surface area contributed by atoms with Gasteiger partial charge in [0.05, 0.1) is 6.54 Å². The molecule has 0 spiro atoms. The fraction of sp³-hybridized carbons (Fsp3) is 0.357. The molecule has 0 unspecified atom stereocenters. The Labute approximate surface area is 108 Å². The van der Waals surface area contributed by atoms with E-state index >= 15 is 0 Å². The topological polar surface area (TPSA) is 50.4 Å². The second-order valence-electron chi connectivity index (χ2n) is 3.77. The monoisotopic (exact) mass is 248 g/mol.